The van der Waals surface area contributed by atoms with Crippen molar-refractivity contribution < 1.29 is 18.0 Å². The van der Waals surface area contributed by atoms with Crippen molar-refractivity contribution in [1.82, 2.24) is 19.9 Å². The van der Waals surface area contributed by atoms with Gasteiger partial charge in [0.1, 0.15) is 17.2 Å². The van der Waals surface area contributed by atoms with Crippen molar-refractivity contribution in [2.45, 2.75) is 13.1 Å². The molecular formula is C17H11ClF3N5O. The van der Waals surface area contributed by atoms with Crippen molar-refractivity contribution in [3.05, 3.63) is 65.0 Å². The first-order valence-electron chi connectivity index (χ1n) is 7.53. The second kappa shape index (κ2) is 7.28. The zero-order valence-electron chi connectivity index (χ0n) is 13.8. The molecule has 3 heterocycles. The number of carbonyl (C=O) groups excluding carboxylic acids is 1. The first kappa shape index (κ1) is 18.7. The third kappa shape index (κ3) is 4.37. The molecule has 10 heteroatoms. The van der Waals surface area contributed by atoms with Crippen LogP contribution in [0.1, 0.15) is 21.7 Å². The normalized spacial score (nSPS) is 11.3. The molecule has 0 unspecified atom stereocenters. The maximum Gasteiger partial charge on any atom is 0.433 e. The zero-order chi connectivity index (χ0) is 19.6. The summed E-state index contributed by atoms with van der Waals surface area (Å²) >= 11 is 5.82. The Bertz CT molecular complexity index is 993. The summed E-state index contributed by atoms with van der Waals surface area (Å²) in [6.07, 6.45) is 0.448. The second-order valence-corrected chi connectivity index (χ2v) is 5.93. The largest absolute Gasteiger partial charge is 0.433 e. The molecule has 1 amide bonds. The Labute approximate surface area is 156 Å². The van der Waals surface area contributed by atoms with E-state index in [-0.39, 0.29) is 11.4 Å². The van der Waals surface area contributed by atoms with Crippen molar-refractivity contribution in [1.29, 1.82) is 0 Å². The highest BCUT2D eigenvalue weighted by Gasteiger charge is 2.32. The van der Waals surface area contributed by atoms with Gasteiger partial charge in [-0.1, -0.05) is 11.6 Å². The minimum atomic E-state index is -4.53. The quantitative estimate of drug-likeness (QED) is 0.722. The Morgan fingerprint density at radius 2 is 1.89 bits per heavy atom. The summed E-state index contributed by atoms with van der Waals surface area (Å²) in [5.41, 5.74) is 0.128. The van der Waals surface area contributed by atoms with E-state index in [1.165, 1.54) is 24.7 Å². The van der Waals surface area contributed by atoms with Crippen LogP contribution in [-0.2, 0) is 6.18 Å². The van der Waals surface area contributed by atoms with E-state index in [1.807, 2.05) is 0 Å². The van der Waals surface area contributed by atoms with E-state index < -0.39 is 17.8 Å². The maximum absolute atomic E-state index is 12.6. The SMILES string of the molecule is Cc1cc(Cl)cnc1NC(=O)c1cncc(-c2ccc(C(F)(F)F)nc2)n1. The number of carbonyl (C=O) groups is 1. The smallest absolute Gasteiger partial charge is 0.305 e. The number of hydrogen-bond acceptors (Lipinski definition) is 5. The third-order valence-corrected chi connectivity index (χ3v) is 3.70. The number of alkyl halides is 3. The lowest BCUT2D eigenvalue weighted by atomic mass is 10.2. The van der Waals surface area contributed by atoms with Gasteiger partial charge in [-0.15, -0.1) is 0 Å². The first-order valence-corrected chi connectivity index (χ1v) is 7.91. The molecule has 0 saturated heterocycles. The van der Waals surface area contributed by atoms with Crippen molar-refractivity contribution in [3.8, 4) is 11.3 Å². The number of rotatable bonds is 3. The number of anilines is 1. The van der Waals surface area contributed by atoms with Gasteiger partial charge in [-0.2, -0.15) is 13.2 Å². The zero-order valence-corrected chi connectivity index (χ0v) is 14.5. The number of hydrogen-bond donors (Lipinski definition) is 1. The van der Waals surface area contributed by atoms with Crippen molar-refractivity contribution in [2.75, 3.05) is 5.32 Å². The molecule has 27 heavy (non-hydrogen) atoms. The number of aryl methyl sites for hydroxylation is 1. The Hall–Kier alpha value is -3.07. The summed E-state index contributed by atoms with van der Waals surface area (Å²) in [5, 5.41) is 3.02. The second-order valence-electron chi connectivity index (χ2n) is 5.49. The molecule has 0 bridgehead atoms. The van der Waals surface area contributed by atoms with Crippen LogP contribution in [0.4, 0.5) is 19.0 Å². The lowest BCUT2D eigenvalue weighted by Crippen LogP contribution is -2.16. The van der Waals surface area contributed by atoms with Gasteiger partial charge in [0.2, 0.25) is 0 Å². The number of pyridine rings is 2. The molecule has 138 valence electrons. The van der Waals surface area contributed by atoms with Crippen LogP contribution in [0.15, 0.2) is 43.0 Å². The number of aromatic nitrogens is 4. The van der Waals surface area contributed by atoms with Gasteiger partial charge < -0.3 is 5.32 Å². The average molecular weight is 394 g/mol. The van der Waals surface area contributed by atoms with E-state index in [2.05, 4.69) is 25.3 Å². The van der Waals surface area contributed by atoms with Crippen LogP contribution in [0.2, 0.25) is 5.02 Å². The summed E-state index contributed by atoms with van der Waals surface area (Å²) < 4.78 is 37.8. The molecule has 0 atom stereocenters. The Morgan fingerprint density at radius 1 is 1.11 bits per heavy atom. The fraction of sp³-hybridized carbons (Fsp3) is 0.118. The van der Waals surface area contributed by atoms with Gasteiger partial charge in [-0.05, 0) is 30.7 Å². The first-order chi connectivity index (χ1) is 12.7. The number of halogens is 4. The number of amides is 1. The number of nitrogens with one attached hydrogen (secondary N) is 1. The van der Waals surface area contributed by atoms with Crippen LogP contribution in [0, 0.1) is 6.92 Å². The standard InChI is InChI=1S/C17H11ClF3N5O/c1-9-4-11(18)6-24-15(9)26-16(27)13-8-22-7-12(25-13)10-2-3-14(23-5-10)17(19,20)21/h2-8H,1H3,(H,24,26,27). The summed E-state index contributed by atoms with van der Waals surface area (Å²) in [7, 11) is 0. The fourth-order valence-electron chi connectivity index (χ4n) is 2.17. The molecule has 3 rings (SSSR count). The lowest BCUT2D eigenvalue weighted by molar-refractivity contribution is -0.141. The Kier molecular flexibility index (Phi) is 5.04. The van der Waals surface area contributed by atoms with E-state index in [9.17, 15) is 18.0 Å². The highest BCUT2D eigenvalue weighted by molar-refractivity contribution is 6.30. The molecule has 0 fully saturated rings. The molecule has 3 aromatic rings. The van der Waals surface area contributed by atoms with Gasteiger partial charge >= 0.3 is 6.18 Å². The van der Waals surface area contributed by atoms with Crippen LogP contribution < -0.4 is 5.32 Å². The molecule has 0 aliphatic carbocycles. The van der Waals surface area contributed by atoms with Gasteiger partial charge in [0.05, 0.1) is 23.1 Å². The molecule has 0 radical (unpaired) electrons. The van der Waals surface area contributed by atoms with Crippen LogP contribution in [0.3, 0.4) is 0 Å². The molecule has 0 spiro atoms. The molecular weight excluding hydrogens is 383 g/mol. The maximum atomic E-state index is 12.6. The lowest BCUT2D eigenvalue weighted by Gasteiger charge is -2.08. The van der Waals surface area contributed by atoms with Gasteiger partial charge in [-0.25, -0.2) is 9.97 Å². The summed E-state index contributed by atoms with van der Waals surface area (Å²) in [5.74, 6) is -0.255. The minimum absolute atomic E-state index is 0.0245. The fourth-order valence-corrected chi connectivity index (χ4v) is 2.38. The van der Waals surface area contributed by atoms with Crippen LogP contribution in [0.25, 0.3) is 11.3 Å². The predicted molar refractivity (Wildman–Crippen MR) is 92.2 cm³/mol. The van der Waals surface area contributed by atoms with Crippen molar-refractivity contribution in [3.63, 3.8) is 0 Å². The van der Waals surface area contributed by atoms with Gasteiger partial charge in [-0.3, -0.25) is 14.8 Å². The monoisotopic (exact) mass is 393 g/mol. The minimum Gasteiger partial charge on any atom is -0.305 e. The Balaban J connectivity index is 1.83. The topological polar surface area (TPSA) is 80.7 Å². The van der Waals surface area contributed by atoms with Crippen LogP contribution >= 0.6 is 11.6 Å². The van der Waals surface area contributed by atoms with Crippen LogP contribution in [-0.4, -0.2) is 25.8 Å². The van der Waals surface area contributed by atoms with Crippen LogP contribution in [0.5, 0.6) is 0 Å². The molecule has 0 saturated carbocycles. The molecule has 0 aromatic carbocycles. The van der Waals surface area contributed by atoms with E-state index in [4.69, 9.17) is 11.6 Å². The summed E-state index contributed by atoms with van der Waals surface area (Å²) in [6.45, 7) is 1.73. The van der Waals surface area contributed by atoms with Gasteiger partial charge in [0.15, 0.2) is 0 Å². The van der Waals surface area contributed by atoms with Crippen molar-refractivity contribution >= 4 is 23.3 Å². The Morgan fingerprint density at radius 3 is 2.52 bits per heavy atom. The van der Waals surface area contributed by atoms with Gasteiger partial charge in [0, 0.05) is 18.0 Å². The molecule has 1 N–H and O–H groups in total. The van der Waals surface area contributed by atoms with E-state index in [0.29, 0.717) is 22.0 Å². The molecule has 6 nitrogen and oxygen atoms in total. The molecule has 0 aliphatic rings. The third-order valence-electron chi connectivity index (χ3n) is 3.49. The van der Waals surface area contributed by atoms with Gasteiger partial charge in [0.25, 0.3) is 5.91 Å². The number of nitrogens with zero attached hydrogens (tertiary/aromatic N) is 4. The van der Waals surface area contributed by atoms with E-state index in [1.54, 1.807) is 13.0 Å². The van der Waals surface area contributed by atoms with E-state index >= 15 is 0 Å². The summed E-state index contributed by atoms with van der Waals surface area (Å²) in [6, 6.07) is 3.69. The predicted octanol–water partition coefficient (Wildman–Crippen LogP) is 4.17. The van der Waals surface area contributed by atoms with Crippen molar-refractivity contribution in [2.24, 2.45) is 0 Å². The highest BCUT2D eigenvalue weighted by Crippen LogP contribution is 2.28. The average Bonchev–Trinajstić information content (AvgIpc) is 2.63. The molecule has 0 aliphatic heterocycles. The highest BCUT2D eigenvalue weighted by atomic mass is 35.5. The molecule has 3 aromatic heterocycles. The van der Waals surface area contributed by atoms with E-state index in [0.717, 1.165) is 12.3 Å². The summed E-state index contributed by atoms with van der Waals surface area (Å²) in [4.78, 5) is 27.8.